The lowest BCUT2D eigenvalue weighted by Gasteiger charge is -2.41. The van der Waals surface area contributed by atoms with Crippen molar-refractivity contribution >= 4 is 12.0 Å². The summed E-state index contributed by atoms with van der Waals surface area (Å²) in [4.78, 5) is 12.7. The van der Waals surface area contributed by atoms with Gasteiger partial charge >= 0.3 is 0 Å². The van der Waals surface area contributed by atoms with E-state index in [9.17, 15) is 9.90 Å². The smallest absolute Gasteiger partial charge is 0.147 e. The van der Waals surface area contributed by atoms with Crippen molar-refractivity contribution < 1.29 is 19.0 Å². The Balaban J connectivity index is 1.59. The van der Waals surface area contributed by atoms with Crippen LogP contribution in [0.15, 0.2) is 60.7 Å². The number of rotatable bonds is 6. The molecule has 33 heavy (non-hydrogen) atoms. The van der Waals surface area contributed by atoms with Crippen LogP contribution in [0.3, 0.4) is 0 Å². The average molecular weight is 446 g/mol. The van der Waals surface area contributed by atoms with E-state index in [1.165, 1.54) is 5.56 Å². The molecule has 3 aromatic carbocycles. The van der Waals surface area contributed by atoms with Crippen molar-refractivity contribution in [1.82, 2.24) is 0 Å². The van der Waals surface area contributed by atoms with Crippen LogP contribution in [0.25, 0.3) is 0 Å². The van der Waals surface area contributed by atoms with Gasteiger partial charge in [-0.1, -0.05) is 36.4 Å². The van der Waals surface area contributed by atoms with Crippen LogP contribution in [0.5, 0.6) is 11.5 Å². The second-order valence-electron chi connectivity index (χ2n) is 9.14. The molecule has 1 N–H and O–H groups in total. The highest BCUT2D eigenvalue weighted by Crippen LogP contribution is 2.50. The highest BCUT2D eigenvalue weighted by atomic mass is 19.1. The summed E-state index contributed by atoms with van der Waals surface area (Å²) in [6.45, 7) is 1.35. The Labute approximate surface area is 193 Å². The number of aromatic hydroxyl groups is 1. The summed E-state index contributed by atoms with van der Waals surface area (Å²) in [7, 11) is 1.63. The van der Waals surface area contributed by atoms with Crippen LogP contribution in [0, 0.1) is 11.7 Å². The minimum absolute atomic E-state index is 0.0885. The molecule has 3 aromatic rings. The summed E-state index contributed by atoms with van der Waals surface area (Å²) in [5, 5.41) is 10.1. The summed E-state index contributed by atoms with van der Waals surface area (Å²) >= 11 is 0. The molecule has 0 bridgehead atoms. The summed E-state index contributed by atoms with van der Waals surface area (Å²) in [5.74, 6) is 1.01. The minimum Gasteiger partial charge on any atom is -0.508 e. The maximum atomic E-state index is 15.5. The Morgan fingerprint density at radius 1 is 1.09 bits per heavy atom. The number of carbonyl (C=O) groups excluding carboxylic acids is 1. The van der Waals surface area contributed by atoms with Gasteiger partial charge in [-0.15, -0.1) is 0 Å². The third-order valence-electron chi connectivity index (χ3n) is 7.18. The molecule has 1 aliphatic carbocycles. The lowest BCUT2D eigenvalue weighted by molar-refractivity contribution is -0.108. The second-order valence-corrected chi connectivity index (χ2v) is 9.14. The topological polar surface area (TPSA) is 49.8 Å². The van der Waals surface area contributed by atoms with Gasteiger partial charge < -0.3 is 19.5 Å². The van der Waals surface area contributed by atoms with Crippen molar-refractivity contribution in [3.63, 3.8) is 0 Å². The molecule has 170 valence electrons. The van der Waals surface area contributed by atoms with E-state index >= 15 is 4.39 Å². The fourth-order valence-corrected chi connectivity index (χ4v) is 5.52. The van der Waals surface area contributed by atoms with Crippen molar-refractivity contribution in [1.29, 1.82) is 0 Å². The van der Waals surface area contributed by atoms with Gasteiger partial charge in [0.15, 0.2) is 0 Å². The highest BCUT2D eigenvalue weighted by molar-refractivity contribution is 5.61. The van der Waals surface area contributed by atoms with Gasteiger partial charge in [0, 0.05) is 43.0 Å². The molecule has 0 saturated carbocycles. The number of carbonyl (C=O) groups is 1. The van der Waals surface area contributed by atoms with Gasteiger partial charge in [0.1, 0.15) is 23.6 Å². The zero-order valence-corrected chi connectivity index (χ0v) is 18.7. The van der Waals surface area contributed by atoms with Crippen molar-refractivity contribution in [2.75, 3.05) is 25.1 Å². The van der Waals surface area contributed by atoms with Gasteiger partial charge in [0.2, 0.25) is 0 Å². The number of phenols is 1. The number of methoxy groups -OCH3 is 1. The van der Waals surface area contributed by atoms with Crippen molar-refractivity contribution in [3.8, 4) is 11.5 Å². The standard InChI is InChI=1S/C28H28FNO3/c1-33-27-15-26(30-16-18(17-30)11-12-31)25(29)14-24(27)28-22(19-5-3-2-4-6-19)9-7-20-13-21(32)8-10-23(20)28/h2-6,8,10,12-15,18,22,28,32H,7,9,11,16-17H2,1H3/t22-,28+/m1/s1. The van der Waals surface area contributed by atoms with Crippen LogP contribution in [0.2, 0.25) is 0 Å². The van der Waals surface area contributed by atoms with Gasteiger partial charge in [0.25, 0.3) is 0 Å². The molecule has 1 fully saturated rings. The molecule has 4 nitrogen and oxygen atoms in total. The van der Waals surface area contributed by atoms with Gasteiger partial charge in [-0.2, -0.15) is 0 Å². The molecule has 2 aliphatic rings. The molecule has 1 heterocycles. The van der Waals surface area contributed by atoms with E-state index in [1.54, 1.807) is 25.3 Å². The first kappa shape index (κ1) is 21.5. The number of halogens is 1. The lowest BCUT2D eigenvalue weighted by atomic mass is 9.69. The highest BCUT2D eigenvalue weighted by Gasteiger charge is 2.36. The second kappa shape index (κ2) is 8.89. The Kier molecular flexibility index (Phi) is 5.79. The maximum Gasteiger partial charge on any atom is 0.147 e. The molecule has 0 amide bonds. The van der Waals surface area contributed by atoms with E-state index in [2.05, 4.69) is 12.1 Å². The van der Waals surface area contributed by atoms with Crippen molar-refractivity contribution in [2.45, 2.75) is 31.1 Å². The van der Waals surface area contributed by atoms with Crippen LogP contribution in [0.4, 0.5) is 10.1 Å². The number of nitrogens with zero attached hydrogens (tertiary/aromatic N) is 1. The number of fused-ring (bicyclic) bond motifs is 1. The lowest BCUT2D eigenvalue weighted by Crippen LogP contribution is -2.47. The Hall–Kier alpha value is -3.34. The summed E-state index contributed by atoms with van der Waals surface area (Å²) in [5.41, 5.74) is 4.76. The first-order chi connectivity index (χ1) is 16.1. The number of benzene rings is 3. The minimum atomic E-state index is -0.270. The van der Waals surface area contributed by atoms with E-state index in [0.29, 0.717) is 30.9 Å². The molecule has 5 rings (SSSR count). The summed E-state index contributed by atoms with van der Waals surface area (Å²) < 4.78 is 21.3. The number of hydrogen-bond donors (Lipinski definition) is 1. The van der Waals surface area contributed by atoms with E-state index in [4.69, 9.17) is 4.74 Å². The maximum absolute atomic E-state index is 15.5. The number of hydrogen-bond acceptors (Lipinski definition) is 4. The van der Waals surface area contributed by atoms with E-state index < -0.39 is 0 Å². The molecule has 0 radical (unpaired) electrons. The SMILES string of the molecule is COc1cc(N2CC(CC=O)C2)c(F)cc1[C@@H]1c2ccc(O)cc2CC[C@@H]1c1ccccc1. The predicted molar refractivity (Wildman–Crippen MR) is 127 cm³/mol. The average Bonchev–Trinajstić information content (AvgIpc) is 2.81. The molecule has 0 unspecified atom stereocenters. The van der Waals surface area contributed by atoms with Crippen LogP contribution >= 0.6 is 0 Å². The van der Waals surface area contributed by atoms with Crippen LogP contribution < -0.4 is 9.64 Å². The quantitative estimate of drug-likeness (QED) is 0.514. The fourth-order valence-electron chi connectivity index (χ4n) is 5.52. The number of aldehydes is 1. The van der Waals surface area contributed by atoms with E-state index in [-0.39, 0.29) is 29.3 Å². The first-order valence-corrected chi connectivity index (χ1v) is 11.5. The molecular weight excluding hydrogens is 417 g/mol. The van der Waals surface area contributed by atoms with Gasteiger partial charge in [-0.05, 0) is 53.6 Å². The monoisotopic (exact) mass is 445 g/mol. The van der Waals surface area contributed by atoms with Gasteiger partial charge in [-0.3, -0.25) is 0 Å². The zero-order chi connectivity index (χ0) is 22.9. The Bertz CT molecular complexity index is 1160. The van der Waals surface area contributed by atoms with E-state index in [1.807, 2.05) is 35.2 Å². The van der Waals surface area contributed by atoms with Crippen LogP contribution in [-0.4, -0.2) is 31.6 Å². The van der Waals surface area contributed by atoms with Crippen LogP contribution in [0.1, 0.15) is 46.9 Å². The number of ether oxygens (including phenoxy) is 1. The van der Waals surface area contributed by atoms with Gasteiger partial charge in [0.05, 0.1) is 12.8 Å². The molecule has 1 saturated heterocycles. The molecule has 5 heteroatoms. The Morgan fingerprint density at radius 2 is 1.88 bits per heavy atom. The molecule has 2 atom stereocenters. The van der Waals surface area contributed by atoms with Crippen molar-refractivity contribution in [3.05, 3.63) is 88.7 Å². The molecule has 0 aromatic heterocycles. The fraction of sp³-hybridized carbons (Fsp3) is 0.321. The third-order valence-corrected chi connectivity index (χ3v) is 7.18. The van der Waals surface area contributed by atoms with Gasteiger partial charge in [-0.25, -0.2) is 4.39 Å². The summed E-state index contributed by atoms with van der Waals surface area (Å²) in [6.07, 6.45) is 3.20. The number of phenolic OH excluding ortho intramolecular Hbond substituents is 1. The van der Waals surface area contributed by atoms with E-state index in [0.717, 1.165) is 35.8 Å². The molecule has 1 aliphatic heterocycles. The molecule has 0 spiro atoms. The number of anilines is 1. The Morgan fingerprint density at radius 3 is 2.61 bits per heavy atom. The predicted octanol–water partition coefficient (Wildman–Crippen LogP) is 5.43. The molecular formula is C28H28FNO3. The van der Waals surface area contributed by atoms with Crippen molar-refractivity contribution in [2.24, 2.45) is 5.92 Å². The first-order valence-electron chi connectivity index (χ1n) is 11.5. The largest absolute Gasteiger partial charge is 0.508 e. The third kappa shape index (κ3) is 3.97. The number of aryl methyl sites for hydroxylation is 1. The van der Waals surface area contributed by atoms with Crippen LogP contribution in [-0.2, 0) is 11.2 Å². The normalized spacial score (nSPS) is 20.1. The summed E-state index contributed by atoms with van der Waals surface area (Å²) in [6, 6.07) is 19.3. The zero-order valence-electron chi connectivity index (χ0n) is 18.7.